The Labute approximate surface area is 84.8 Å². The minimum atomic E-state index is 0.257. The Hall–Kier alpha value is -1.02. The summed E-state index contributed by atoms with van der Waals surface area (Å²) in [5.74, 6) is 1.42. The minimum absolute atomic E-state index is 0.257. The highest BCUT2D eigenvalue weighted by Crippen LogP contribution is 2.54. The second-order valence-electron chi connectivity index (χ2n) is 4.73. The van der Waals surface area contributed by atoms with Gasteiger partial charge in [0, 0.05) is 12.0 Å². The van der Waals surface area contributed by atoms with Crippen LogP contribution in [0.2, 0.25) is 0 Å². The van der Waals surface area contributed by atoms with E-state index in [0.717, 1.165) is 5.76 Å². The molecule has 2 rings (SSSR count). The van der Waals surface area contributed by atoms with Crippen LogP contribution in [0.1, 0.15) is 26.5 Å². The van der Waals surface area contributed by atoms with Gasteiger partial charge in [-0.25, -0.2) is 0 Å². The molecule has 2 unspecified atom stereocenters. The average Bonchev–Trinajstić information content (AvgIpc) is 2.55. The monoisotopic (exact) mass is 191 g/mol. The van der Waals surface area contributed by atoms with Crippen molar-refractivity contribution in [1.29, 1.82) is 0 Å². The molecule has 14 heavy (non-hydrogen) atoms. The molecular formula is C12H17NO. The molecule has 2 atom stereocenters. The fourth-order valence-corrected chi connectivity index (χ4v) is 2.24. The summed E-state index contributed by atoms with van der Waals surface area (Å²) >= 11 is 0. The van der Waals surface area contributed by atoms with Crippen molar-refractivity contribution in [3.63, 3.8) is 0 Å². The summed E-state index contributed by atoms with van der Waals surface area (Å²) in [4.78, 5) is 0. The molecule has 2 N–H and O–H groups in total. The van der Waals surface area contributed by atoms with Gasteiger partial charge in [0.15, 0.2) is 0 Å². The normalized spacial score (nSPS) is 30.4. The fourth-order valence-electron chi connectivity index (χ4n) is 2.24. The van der Waals surface area contributed by atoms with E-state index >= 15 is 0 Å². The number of rotatable bonds is 2. The van der Waals surface area contributed by atoms with E-state index in [1.54, 1.807) is 6.26 Å². The van der Waals surface area contributed by atoms with Crippen molar-refractivity contribution in [2.24, 2.45) is 17.1 Å². The van der Waals surface area contributed by atoms with E-state index < -0.39 is 0 Å². The highest BCUT2D eigenvalue weighted by atomic mass is 16.3. The molecule has 0 saturated heterocycles. The lowest BCUT2D eigenvalue weighted by Crippen LogP contribution is -2.06. The Kier molecular flexibility index (Phi) is 2.04. The van der Waals surface area contributed by atoms with Crippen molar-refractivity contribution in [2.45, 2.75) is 26.8 Å². The van der Waals surface area contributed by atoms with Crippen LogP contribution in [0.3, 0.4) is 0 Å². The minimum Gasteiger partial charge on any atom is -0.465 e. The van der Waals surface area contributed by atoms with Gasteiger partial charge in [0.1, 0.15) is 5.76 Å². The molecule has 1 saturated carbocycles. The van der Waals surface area contributed by atoms with Gasteiger partial charge in [0.25, 0.3) is 0 Å². The summed E-state index contributed by atoms with van der Waals surface area (Å²) in [6.07, 6.45) is 3.77. The predicted octanol–water partition coefficient (Wildman–Crippen LogP) is 2.67. The SMILES string of the molecule is C/C(=C/c1ccco1)C1C(N)C1(C)C. The summed E-state index contributed by atoms with van der Waals surface area (Å²) in [5, 5.41) is 0. The van der Waals surface area contributed by atoms with Gasteiger partial charge in [-0.1, -0.05) is 19.4 Å². The van der Waals surface area contributed by atoms with Crippen molar-refractivity contribution in [3.05, 3.63) is 29.7 Å². The maximum atomic E-state index is 6.00. The molecule has 76 valence electrons. The topological polar surface area (TPSA) is 39.2 Å². The molecule has 0 bridgehead atoms. The first-order valence-electron chi connectivity index (χ1n) is 5.01. The van der Waals surface area contributed by atoms with Crippen LogP contribution in [0.15, 0.2) is 28.4 Å². The van der Waals surface area contributed by atoms with Crippen LogP contribution in [0.5, 0.6) is 0 Å². The maximum Gasteiger partial charge on any atom is 0.126 e. The average molecular weight is 191 g/mol. The van der Waals surface area contributed by atoms with E-state index in [9.17, 15) is 0 Å². The third kappa shape index (κ3) is 1.40. The van der Waals surface area contributed by atoms with Gasteiger partial charge in [0.05, 0.1) is 6.26 Å². The predicted molar refractivity (Wildman–Crippen MR) is 57.6 cm³/mol. The number of furan rings is 1. The number of hydrogen-bond donors (Lipinski definition) is 1. The first-order valence-corrected chi connectivity index (χ1v) is 5.01. The summed E-state index contributed by atoms with van der Waals surface area (Å²) in [7, 11) is 0. The van der Waals surface area contributed by atoms with Gasteiger partial charge in [-0.2, -0.15) is 0 Å². The molecule has 1 aliphatic rings. The Morgan fingerprint density at radius 2 is 2.21 bits per heavy atom. The van der Waals surface area contributed by atoms with Crippen LogP contribution in [0.4, 0.5) is 0 Å². The molecule has 1 aromatic heterocycles. The zero-order chi connectivity index (χ0) is 10.3. The first kappa shape index (κ1) is 9.53. The van der Waals surface area contributed by atoms with Crippen LogP contribution in [-0.2, 0) is 0 Å². The summed E-state index contributed by atoms with van der Waals surface area (Å²) in [5.41, 5.74) is 7.58. The number of hydrogen-bond acceptors (Lipinski definition) is 2. The molecule has 2 heteroatoms. The van der Waals surface area contributed by atoms with E-state index in [4.69, 9.17) is 10.2 Å². The van der Waals surface area contributed by atoms with Crippen molar-refractivity contribution in [3.8, 4) is 0 Å². The van der Waals surface area contributed by atoms with E-state index in [2.05, 4.69) is 26.8 Å². The second-order valence-corrected chi connectivity index (χ2v) is 4.73. The van der Waals surface area contributed by atoms with E-state index in [0.29, 0.717) is 12.0 Å². The molecule has 2 nitrogen and oxygen atoms in total. The molecule has 1 fully saturated rings. The molecule has 1 aliphatic carbocycles. The van der Waals surface area contributed by atoms with E-state index in [1.165, 1.54) is 5.57 Å². The zero-order valence-electron chi connectivity index (χ0n) is 8.95. The van der Waals surface area contributed by atoms with Crippen molar-refractivity contribution < 1.29 is 4.42 Å². The first-order chi connectivity index (χ1) is 6.53. The molecule has 0 amide bonds. The largest absolute Gasteiger partial charge is 0.465 e. The van der Waals surface area contributed by atoms with Crippen LogP contribution in [0, 0.1) is 11.3 Å². The molecule has 1 aromatic rings. The molecule has 0 aromatic carbocycles. The fraction of sp³-hybridized carbons (Fsp3) is 0.500. The van der Waals surface area contributed by atoms with Crippen LogP contribution in [-0.4, -0.2) is 6.04 Å². The van der Waals surface area contributed by atoms with E-state index in [-0.39, 0.29) is 5.41 Å². The highest BCUT2D eigenvalue weighted by Gasteiger charge is 2.55. The Bertz CT molecular complexity index is 348. The third-order valence-electron chi connectivity index (χ3n) is 3.31. The van der Waals surface area contributed by atoms with Crippen molar-refractivity contribution in [2.75, 3.05) is 0 Å². The summed E-state index contributed by atoms with van der Waals surface area (Å²) in [6.45, 7) is 6.55. The maximum absolute atomic E-state index is 6.00. The lowest BCUT2D eigenvalue weighted by Gasteiger charge is -2.01. The highest BCUT2D eigenvalue weighted by molar-refractivity contribution is 5.50. The lowest BCUT2D eigenvalue weighted by atomic mass is 10.0. The molecule has 0 radical (unpaired) electrons. The van der Waals surface area contributed by atoms with Crippen LogP contribution in [0.25, 0.3) is 6.08 Å². The standard InChI is InChI=1S/C12H17NO/c1-8(7-9-5-4-6-14-9)10-11(13)12(10,2)3/h4-7,10-11H,13H2,1-3H3/b8-7-. The van der Waals surface area contributed by atoms with Gasteiger partial charge in [-0.15, -0.1) is 0 Å². The van der Waals surface area contributed by atoms with Crippen molar-refractivity contribution in [1.82, 2.24) is 0 Å². The summed E-state index contributed by atoms with van der Waals surface area (Å²) < 4.78 is 5.27. The van der Waals surface area contributed by atoms with Gasteiger partial charge in [-0.05, 0) is 30.5 Å². The number of nitrogens with two attached hydrogens (primary N) is 1. The Morgan fingerprint density at radius 3 is 2.64 bits per heavy atom. The van der Waals surface area contributed by atoms with E-state index in [1.807, 2.05) is 12.1 Å². The smallest absolute Gasteiger partial charge is 0.126 e. The lowest BCUT2D eigenvalue weighted by molar-refractivity contribution is 0.554. The van der Waals surface area contributed by atoms with Crippen LogP contribution < -0.4 is 5.73 Å². The zero-order valence-corrected chi connectivity index (χ0v) is 8.95. The Balaban J connectivity index is 2.15. The van der Waals surface area contributed by atoms with Gasteiger partial charge in [-0.3, -0.25) is 0 Å². The molecule has 0 aliphatic heterocycles. The van der Waals surface area contributed by atoms with Gasteiger partial charge in [0.2, 0.25) is 0 Å². The van der Waals surface area contributed by atoms with Crippen LogP contribution >= 0.6 is 0 Å². The molecule has 1 heterocycles. The second kappa shape index (κ2) is 2.99. The van der Waals surface area contributed by atoms with Gasteiger partial charge >= 0.3 is 0 Å². The third-order valence-corrected chi connectivity index (χ3v) is 3.31. The summed E-state index contributed by atoms with van der Waals surface area (Å²) in [6, 6.07) is 4.16. The Morgan fingerprint density at radius 1 is 1.57 bits per heavy atom. The quantitative estimate of drug-likeness (QED) is 0.780. The molecular weight excluding hydrogens is 174 g/mol. The van der Waals surface area contributed by atoms with Crippen molar-refractivity contribution >= 4 is 6.08 Å². The van der Waals surface area contributed by atoms with Gasteiger partial charge < -0.3 is 10.2 Å². The molecule has 0 spiro atoms.